The smallest absolute Gasteiger partial charge is 0.321 e. The van der Waals surface area contributed by atoms with Crippen molar-refractivity contribution >= 4 is 17.6 Å². The van der Waals surface area contributed by atoms with E-state index in [0.717, 1.165) is 0 Å². The van der Waals surface area contributed by atoms with E-state index >= 15 is 0 Å². The van der Waals surface area contributed by atoms with Crippen molar-refractivity contribution in [3.8, 4) is 22.9 Å². The molecule has 0 fully saturated rings. The summed E-state index contributed by atoms with van der Waals surface area (Å²) in [6, 6.07) is 3.80. The number of benzene rings is 1. The van der Waals surface area contributed by atoms with Gasteiger partial charge in [0, 0.05) is 12.1 Å². The van der Waals surface area contributed by atoms with Crippen molar-refractivity contribution < 1.29 is 14.0 Å². The number of halogens is 1. The Kier molecular flexibility index (Phi) is 4.11. The van der Waals surface area contributed by atoms with Crippen LogP contribution in [0.3, 0.4) is 0 Å². The third-order valence-electron chi connectivity index (χ3n) is 2.45. The lowest BCUT2D eigenvalue weighted by atomic mass is 10.2. The molecule has 0 aliphatic carbocycles. The van der Waals surface area contributed by atoms with Crippen LogP contribution >= 0.6 is 11.6 Å². The Morgan fingerprint density at radius 2 is 2.11 bits per heavy atom. The van der Waals surface area contributed by atoms with Gasteiger partial charge in [-0.25, -0.2) is 0 Å². The first-order valence-electron chi connectivity index (χ1n) is 5.69. The minimum Gasteiger partial charge on any atom is -0.493 e. The third kappa shape index (κ3) is 2.73. The number of hydrogen-bond acceptors (Lipinski definition) is 6. The summed E-state index contributed by atoms with van der Waals surface area (Å²) in [5, 5.41) is 7.23. The molecule has 6 nitrogen and oxygen atoms in total. The fourth-order valence-corrected chi connectivity index (χ4v) is 1.90. The van der Waals surface area contributed by atoms with Gasteiger partial charge in [0.1, 0.15) is 0 Å². The van der Waals surface area contributed by atoms with Crippen LogP contribution in [0.15, 0.2) is 16.7 Å². The molecule has 2 aromatic rings. The van der Waals surface area contributed by atoms with Crippen molar-refractivity contribution in [2.75, 3.05) is 26.1 Å². The van der Waals surface area contributed by atoms with Crippen molar-refractivity contribution in [2.24, 2.45) is 0 Å². The maximum atomic E-state index is 6.12. The molecule has 19 heavy (non-hydrogen) atoms. The molecule has 0 spiro atoms. The fraction of sp³-hybridized carbons (Fsp3) is 0.333. The van der Waals surface area contributed by atoms with Crippen LogP contribution in [-0.4, -0.2) is 30.9 Å². The number of hydrogen-bond donors (Lipinski definition) is 1. The van der Waals surface area contributed by atoms with Crippen molar-refractivity contribution in [2.45, 2.75) is 6.92 Å². The average Bonchev–Trinajstić information content (AvgIpc) is 2.86. The molecular formula is C12H14ClN3O3. The Morgan fingerprint density at radius 1 is 1.32 bits per heavy atom. The van der Waals surface area contributed by atoms with E-state index in [0.29, 0.717) is 40.5 Å². The quantitative estimate of drug-likeness (QED) is 0.910. The summed E-state index contributed by atoms with van der Waals surface area (Å²) in [6.45, 7) is 2.64. The summed E-state index contributed by atoms with van der Waals surface area (Å²) in [5.41, 5.74) is 0.690. The number of rotatable bonds is 5. The highest BCUT2D eigenvalue weighted by atomic mass is 35.5. The van der Waals surface area contributed by atoms with Crippen LogP contribution < -0.4 is 14.8 Å². The molecule has 0 atom stereocenters. The molecule has 1 aromatic heterocycles. The summed E-state index contributed by atoms with van der Waals surface area (Å²) in [7, 11) is 3.07. The zero-order valence-corrected chi connectivity index (χ0v) is 11.6. The van der Waals surface area contributed by atoms with Crippen molar-refractivity contribution in [1.29, 1.82) is 0 Å². The van der Waals surface area contributed by atoms with Crippen molar-refractivity contribution in [3.63, 3.8) is 0 Å². The van der Waals surface area contributed by atoms with Gasteiger partial charge in [0.25, 0.3) is 0 Å². The Hall–Kier alpha value is -1.95. The van der Waals surface area contributed by atoms with Gasteiger partial charge in [-0.2, -0.15) is 4.98 Å². The van der Waals surface area contributed by atoms with Crippen LogP contribution in [0, 0.1) is 0 Å². The second-order valence-electron chi connectivity index (χ2n) is 3.65. The zero-order valence-electron chi connectivity index (χ0n) is 10.9. The van der Waals surface area contributed by atoms with Gasteiger partial charge in [-0.3, -0.25) is 0 Å². The first-order valence-corrected chi connectivity index (χ1v) is 6.06. The van der Waals surface area contributed by atoms with Gasteiger partial charge in [0.05, 0.1) is 19.2 Å². The molecule has 0 aliphatic rings. The number of aromatic nitrogens is 2. The van der Waals surface area contributed by atoms with E-state index in [1.807, 2.05) is 6.92 Å². The minimum atomic E-state index is 0.364. The van der Waals surface area contributed by atoms with E-state index < -0.39 is 0 Å². The Morgan fingerprint density at radius 3 is 2.74 bits per heavy atom. The molecule has 7 heteroatoms. The van der Waals surface area contributed by atoms with Crippen LogP contribution in [0.1, 0.15) is 6.92 Å². The molecule has 0 saturated carbocycles. The van der Waals surface area contributed by atoms with E-state index in [9.17, 15) is 0 Å². The standard InChI is InChI=1S/C12H14ClN3O3/c1-4-14-12-15-11(16-19-12)7-5-8(13)10(18-3)9(6-7)17-2/h5-6H,4H2,1-3H3,(H,14,15,16). The lowest BCUT2D eigenvalue weighted by Gasteiger charge is -2.10. The molecule has 1 N–H and O–H groups in total. The summed E-state index contributed by atoms with van der Waals surface area (Å²) in [6.07, 6.45) is 0. The molecule has 0 unspecified atom stereocenters. The summed E-state index contributed by atoms with van der Waals surface area (Å²) in [5.74, 6) is 1.42. The van der Waals surface area contributed by atoms with Gasteiger partial charge in [0.15, 0.2) is 11.5 Å². The van der Waals surface area contributed by atoms with E-state index in [1.54, 1.807) is 12.1 Å². The minimum absolute atomic E-state index is 0.364. The Balaban J connectivity index is 2.41. The van der Waals surface area contributed by atoms with E-state index in [4.69, 9.17) is 25.6 Å². The fourth-order valence-electron chi connectivity index (χ4n) is 1.61. The number of nitrogens with one attached hydrogen (secondary N) is 1. The molecule has 0 radical (unpaired) electrons. The molecule has 2 rings (SSSR count). The second-order valence-corrected chi connectivity index (χ2v) is 4.05. The van der Waals surface area contributed by atoms with Crippen molar-refractivity contribution in [1.82, 2.24) is 10.1 Å². The van der Waals surface area contributed by atoms with Gasteiger partial charge in [0.2, 0.25) is 5.82 Å². The predicted octanol–water partition coefficient (Wildman–Crippen LogP) is 2.84. The topological polar surface area (TPSA) is 69.4 Å². The number of anilines is 1. The van der Waals surface area contributed by atoms with Crippen LogP contribution in [0.25, 0.3) is 11.4 Å². The highest BCUT2D eigenvalue weighted by Crippen LogP contribution is 2.38. The molecule has 0 aliphatic heterocycles. The molecule has 0 amide bonds. The third-order valence-corrected chi connectivity index (χ3v) is 2.73. The monoisotopic (exact) mass is 283 g/mol. The molecular weight excluding hydrogens is 270 g/mol. The number of ether oxygens (including phenoxy) is 2. The van der Waals surface area contributed by atoms with Gasteiger partial charge in [-0.05, 0) is 19.1 Å². The highest BCUT2D eigenvalue weighted by molar-refractivity contribution is 6.32. The summed E-state index contributed by atoms with van der Waals surface area (Å²) in [4.78, 5) is 4.20. The van der Waals surface area contributed by atoms with Gasteiger partial charge in [-0.15, -0.1) is 0 Å². The zero-order chi connectivity index (χ0) is 13.8. The number of methoxy groups -OCH3 is 2. The predicted molar refractivity (Wildman–Crippen MR) is 72.0 cm³/mol. The largest absolute Gasteiger partial charge is 0.493 e. The number of nitrogens with zero attached hydrogens (tertiary/aromatic N) is 2. The second kappa shape index (κ2) is 5.79. The molecule has 0 bridgehead atoms. The first kappa shape index (κ1) is 13.5. The van der Waals surface area contributed by atoms with E-state index in [2.05, 4.69) is 15.5 Å². The lowest BCUT2D eigenvalue weighted by Crippen LogP contribution is -1.96. The SMILES string of the molecule is CCNc1nc(-c2cc(Cl)c(OC)c(OC)c2)no1. The van der Waals surface area contributed by atoms with Crippen LogP contribution in [0.2, 0.25) is 5.02 Å². The Labute approximate surface area is 115 Å². The summed E-state index contributed by atoms with van der Waals surface area (Å²) >= 11 is 6.12. The highest BCUT2D eigenvalue weighted by Gasteiger charge is 2.15. The Bertz CT molecular complexity index is 571. The molecule has 102 valence electrons. The van der Waals surface area contributed by atoms with Crippen molar-refractivity contribution in [3.05, 3.63) is 17.2 Å². The maximum absolute atomic E-state index is 6.12. The summed E-state index contributed by atoms with van der Waals surface area (Å²) < 4.78 is 15.4. The van der Waals surface area contributed by atoms with Gasteiger partial charge < -0.3 is 19.3 Å². The van der Waals surface area contributed by atoms with Gasteiger partial charge in [-0.1, -0.05) is 16.8 Å². The lowest BCUT2D eigenvalue weighted by molar-refractivity contribution is 0.355. The van der Waals surface area contributed by atoms with E-state index in [-0.39, 0.29) is 0 Å². The molecule has 1 heterocycles. The molecule has 1 aromatic carbocycles. The average molecular weight is 284 g/mol. The van der Waals surface area contributed by atoms with Crippen LogP contribution in [0.5, 0.6) is 11.5 Å². The first-order chi connectivity index (χ1) is 9.19. The maximum Gasteiger partial charge on any atom is 0.321 e. The van der Waals surface area contributed by atoms with Crippen LogP contribution in [0.4, 0.5) is 6.01 Å². The van der Waals surface area contributed by atoms with Gasteiger partial charge >= 0.3 is 6.01 Å². The van der Waals surface area contributed by atoms with E-state index in [1.165, 1.54) is 14.2 Å². The molecule has 0 saturated heterocycles. The van der Waals surface area contributed by atoms with Crippen LogP contribution in [-0.2, 0) is 0 Å². The normalized spacial score (nSPS) is 10.3.